The summed E-state index contributed by atoms with van der Waals surface area (Å²) in [6.07, 6.45) is 14.6. The number of unbranched alkanes of at least 4 members (excludes halogenated alkanes) is 6. The van der Waals surface area contributed by atoms with Crippen LogP contribution in [-0.4, -0.2) is 41.8 Å². The maximum absolute atomic E-state index is 12.9. The molecule has 0 bridgehead atoms. The third-order valence-electron chi connectivity index (χ3n) is 8.32. The molecule has 0 aromatic heterocycles. The molecular weight excluding hydrogens is 620 g/mol. The van der Waals surface area contributed by atoms with E-state index in [1.165, 1.54) is 12.8 Å². The van der Waals surface area contributed by atoms with E-state index in [-0.39, 0.29) is 6.42 Å². The first-order chi connectivity index (χ1) is 23.8. The van der Waals surface area contributed by atoms with E-state index >= 15 is 0 Å². The molecule has 1 N–H and O–H groups in total. The monoisotopic (exact) mass is 672 g/mol. The largest absolute Gasteiger partial charge is 0.488 e. The minimum atomic E-state index is -0.863. The van der Waals surface area contributed by atoms with Crippen molar-refractivity contribution in [3.05, 3.63) is 102 Å². The van der Waals surface area contributed by atoms with Crippen molar-refractivity contribution >= 4 is 23.8 Å². The van der Waals surface area contributed by atoms with E-state index in [4.69, 9.17) is 18.9 Å². The fraction of sp³-hybridized carbons (Fsp3) is 0.439. The zero-order chi connectivity index (χ0) is 35.4. The Morgan fingerprint density at radius 2 is 1.47 bits per heavy atom. The number of aliphatic hydroxyl groups excluding tert-OH is 1. The summed E-state index contributed by atoms with van der Waals surface area (Å²) in [6.45, 7) is 11.4. The first-order valence-corrected chi connectivity index (χ1v) is 17.6. The van der Waals surface area contributed by atoms with Gasteiger partial charge in [-0.1, -0.05) is 83.7 Å². The summed E-state index contributed by atoms with van der Waals surface area (Å²) in [4.78, 5) is 35.7. The maximum atomic E-state index is 12.9. The second kappa shape index (κ2) is 21.5. The minimum Gasteiger partial charge on any atom is -0.488 e. The average Bonchev–Trinajstić information content (AvgIpc) is 3.11. The van der Waals surface area contributed by atoms with E-state index in [1.54, 1.807) is 24.3 Å². The van der Waals surface area contributed by atoms with E-state index in [1.807, 2.05) is 36.4 Å². The highest BCUT2D eigenvalue weighted by Crippen LogP contribution is 2.30. The Balaban J connectivity index is 1.56. The number of ether oxygens (including phenoxy) is 4. The van der Waals surface area contributed by atoms with E-state index < -0.39 is 30.4 Å². The number of aliphatic hydroxyl groups is 1. The lowest BCUT2D eigenvalue weighted by Crippen LogP contribution is -2.32. The molecule has 2 aromatic rings. The standard InChI is InChI=1S/C41H52O8/c1-5-8-10-11-13-15-40(49-39(44)7-3)47-35-22-16-31(17-23-35)32-18-24-36(25-19-32)48-41(45)33-20-26-34(27-21-33)46-38(14-12-9-6-2)37(43)28-30(4)29-42/h7,16-18,20-24,26-27,29,37-38,40,43H,3-6,8-15,19,25,28H2,1-2H3. The molecule has 1 aliphatic rings. The number of carbonyl (C=O) groups excluding carboxylic acids is 3. The molecule has 49 heavy (non-hydrogen) atoms. The van der Waals surface area contributed by atoms with Gasteiger partial charge in [0.05, 0.1) is 11.7 Å². The minimum absolute atomic E-state index is 0.143. The Labute approximate surface area is 291 Å². The van der Waals surface area contributed by atoms with Gasteiger partial charge in [0.25, 0.3) is 0 Å². The lowest BCUT2D eigenvalue weighted by molar-refractivity contribution is -0.158. The van der Waals surface area contributed by atoms with Crippen LogP contribution >= 0.6 is 0 Å². The van der Waals surface area contributed by atoms with E-state index in [9.17, 15) is 19.5 Å². The van der Waals surface area contributed by atoms with Crippen LogP contribution < -0.4 is 9.47 Å². The van der Waals surface area contributed by atoms with Crippen LogP contribution in [-0.2, 0) is 19.1 Å². The van der Waals surface area contributed by atoms with Crippen molar-refractivity contribution in [2.24, 2.45) is 0 Å². The second-order valence-corrected chi connectivity index (χ2v) is 12.4. The predicted octanol–water partition coefficient (Wildman–Crippen LogP) is 9.23. The van der Waals surface area contributed by atoms with Crippen LogP contribution in [0.15, 0.2) is 91.2 Å². The molecule has 0 saturated carbocycles. The molecule has 1 aliphatic carbocycles. The van der Waals surface area contributed by atoms with Crippen LogP contribution in [0.5, 0.6) is 11.5 Å². The number of carbonyl (C=O) groups is 3. The molecule has 264 valence electrons. The van der Waals surface area contributed by atoms with Crippen molar-refractivity contribution in [1.82, 2.24) is 0 Å². The highest BCUT2D eigenvalue weighted by atomic mass is 16.7. The molecular formula is C41H52O8. The van der Waals surface area contributed by atoms with Gasteiger partial charge in [-0.15, -0.1) is 0 Å². The van der Waals surface area contributed by atoms with Crippen LogP contribution in [0.3, 0.4) is 0 Å². The quantitative estimate of drug-likeness (QED) is 0.0409. The molecule has 3 rings (SSSR count). The molecule has 2 aromatic carbocycles. The molecule has 0 saturated heterocycles. The van der Waals surface area contributed by atoms with Gasteiger partial charge in [-0.05, 0) is 84.9 Å². The zero-order valence-electron chi connectivity index (χ0n) is 29.1. The summed E-state index contributed by atoms with van der Waals surface area (Å²) < 4.78 is 23.2. The topological polar surface area (TPSA) is 108 Å². The van der Waals surface area contributed by atoms with Gasteiger partial charge in [0.2, 0.25) is 6.29 Å². The van der Waals surface area contributed by atoms with E-state index in [0.29, 0.717) is 60.4 Å². The van der Waals surface area contributed by atoms with Crippen LogP contribution in [0.4, 0.5) is 0 Å². The van der Waals surface area contributed by atoms with Crippen molar-refractivity contribution in [1.29, 1.82) is 0 Å². The predicted molar refractivity (Wildman–Crippen MR) is 192 cm³/mol. The Morgan fingerprint density at radius 3 is 2.10 bits per heavy atom. The average molecular weight is 673 g/mol. The maximum Gasteiger partial charge on any atom is 0.343 e. The SMILES string of the molecule is C=CC(=O)OC(CCCCCCC)Oc1ccc(C2=CC=C(OC(=O)c3ccc(OC(CCCCC)C(O)CC(=C)C=O)cc3)CC2)cc1. The van der Waals surface area contributed by atoms with Crippen molar-refractivity contribution in [3.8, 4) is 11.5 Å². The van der Waals surface area contributed by atoms with Crippen LogP contribution in [0.2, 0.25) is 0 Å². The number of aldehydes is 1. The molecule has 8 heteroatoms. The van der Waals surface area contributed by atoms with Crippen LogP contribution in [0, 0.1) is 0 Å². The lowest BCUT2D eigenvalue weighted by atomic mass is 9.96. The van der Waals surface area contributed by atoms with Crippen LogP contribution in [0.25, 0.3) is 5.57 Å². The number of benzene rings is 2. The Hall–Kier alpha value is -4.43. The molecule has 0 spiro atoms. The Morgan fingerprint density at radius 1 is 0.837 bits per heavy atom. The fourth-order valence-electron chi connectivity index (χ4n) is 5.47. The summed E-state index contributed by atoms with van der Waals surface area (Å²) in [5, 5.41) is 10.7. The number of hydrogen-bond acceptors (Lipinski definition) is 8. The van der Waals surface area contributed by atoms with Crippen molar-refractivity contribution in [2.75, 3.05) is 0 Å². The normalized spacial score (nSPS) is 14.3. The molecule has 0 fully saturated rings. The molecule has 3 unspecified atom stereocenters. The number of hydrogen-bond donors (Lipinski definition) is 1. The summed E-state index contributed by atoms with van der Waals surface area (Å²) in [5.74, 6) is 0.744. The van der Waals surface area contributed by atoms with Gasteiger partial charge in [-0.2, -0.15) is 0 Å². The molecule has 8 nitrogen and oxygen atoms in total. The van der Waals surface area contributed by atoms with Gasteiger partial charge in [0.1, 0.15) is 29.6 Å². The van der Waals surface area contributed by atoms with E-state index in [2.05, 4.69) is 27.0 Å². The summed E-state index contributed by atoms with van der Waals surface area (Å²) in [5.41, 5.74) is 2.83. The Bertz CT molecular complexity index is 1420. The van der Waals surface area contributed by atoms with Gasteiger partial charge in [0, 0.05) is 25.3 Å². The highest BCUT2D eigenvalue weighted by Gasteiger charge is 2.22. The molecule has 3 atom stereocenters. The molecule has 0 aliphatic heterocycles. The highest BCUT2D eigenvalue weighted by molar-refractivity contribution is 5.90. The van der Waals surface area contributed by atoms with Gasteiger partial charge in [0.15, 0.2) is 0 Å². The smallest absolute Gasteiger partial charge is 0.343 e. The van der Waals surface area contributed by atoms with Gasteiger partial charge in [-0.25, -0.2) is 9.59 Å². The molecule has 0 amide bonds. The van der Waals surface area contributed by atoms with Gasteiger partial charge in [-0.3, -0.25) is 4.79 Å². The Kier molecular flexibility index (Phi) is 17.1. The summed E-state index contributed by atoms with van der Waals surface area (Å²) >= 11 is 0. The second-order valence-electron chi connectivity index (χ2n) is 12.4. The number of allylic oxidation sites excluding steroid dienone is 4. The molecule has 0 heterocycles. The third kappa shape index (κ3) is 13.9. The van der Waals surface area contributed by atoms with Gasteiger partial charge >= 0.3 is 11.9 Å². The number of esters is 2. The first-order valence-electron chi connectivity index (χ1n) is 17.6. The van der Waals surface area contributed by atoms with Crippen molar-refractivity contribution in [2.45, 2.75) is 116 Å². The summed E-state index contributed by atoms with van der Waals surface area (Å²) in [7, 11) is 0. The molecule has 0 radical (unpaired) electrons. The number of rotatable bonds is 23. The fourth-order valence-corrected chi connectivity index (χ4v) is 5.47. The van der Waals surface area contributed by atoms with Crippen molar-refractivity contribution in [3.63, 3.8) is 0 Å². The summed E-state index contributed by atoms with van der Waals surface area (Å²) in [6, 6.07) is 14.3. The first kappa shape index (κ1) is 39.0. The zero-order valence-corrected chi connectivity index (χ0v) is 29.1. The van der Waals surface area contributed by atoms with Gasteiger partial charge < -0.3 is 24.1 Å². The van der Waals surface area contributed by atoms with Crippen LogP contribution in [0.1, 0.15) is 113 Å². The third-order valence-corrected chi connectivity index (χ3v) is 8.32. The van der Waals surface area contributed by atoms with E-state index in [0.717, 1.165) is 55.7 Å². The lowest BCUT2D eigenvalue weighted by Gasteiger charge is -2.24. The van der Waals surface area contributed by atoms with Crippen molar-refractivity contribution < 1.29 is 38.4 Å².